The number of nitrogens with two attached hydrogens (primary N) is 1. The van der Waals surface area contributed by atoms with E-state index in [2.05, 4.69) is 15.9 Å². The second kappa shape index (κ2) is 6.64. The predicted octanol–water partition coefficient (Wildman–Crippen LogP) is 2.21. The van der Waals surface area contributed by atoms with Gasteiger partial charge in [0.15, 0.2) is 0 Å². The first-order valence-electron chi connectivity index (χ1n) is 6.95. The van der Waals surface area contributed by atoms with Gasteiger partial charge in [-0.3, -0.25) is 0 Å². The topological polar surface area (TPSA) is 72.6 Å². The molecule has 2 unspecified atom stereocenters. The summed E-state index contributed by atoms with van der Waals surface area (Å²) in [6.45, 7) is 2.96. The SMILES string of the molecule is COc1cc(Br)cc(S(=O)(=O)N2CCCC(C(C)N)C2)c1. The number of sulfonamides is 1. The number of piperidine rings is 1. The largest absolute Gasteiger partial charge is 0.497 e. The van der Waals surface area contributed by atoms with Gasteiger partial charge in [0.05, 0.1) is 12.0 Å². The van der Waals surface area contributed by atoms with Gasteiger partial charge in [-0.15, -0.1) is 0 Å². The van der Waals surface area contributed by atoms with Crippen LogP contribution in [0.15, 0.2) is 27.6 Å². The van der Waals surface area contributed by atoms with Gasteiger partial charge in [-0.2, -0.15) is 4.31 Å². The van der Waals surface area contributed by atoms with E-state index < -0.39 is 10.0 Å². The molecule has 1 saturated heterocycles. The van der Waals surface area contributed by atoms with Crippen LogP contribution in [0.2, 0.25) is 0 Å². The predicted molar refractivity (Wildman–Crippen MR) is 85.8 cm³/mol. The van der Waals surface area contributed by atoms with Crippen molar-refractivity contribution in [2.24, 2.45) is 11.7 Å². The van der Waals surface area contributed by atoms with E-state index in [9.17, 15) is 8.42 Å². The van der Waals surface area contributed by atoms with Crippen LogP contribution in [0.3, 0.4) is 0 Å². The molecule has 1 aromatic carbocycles. The third kappa shape index (κ3) is 3.77. The molecule has 7 heteroatoms. The molecule has 0 aromatic heterocycles. The van der Waals surface area contributed by atoms with E-state index in [1.165, 1.54) is 11.4 Å². The molecule has 0 saturated carbocycles. The van der Waals surface area contributed by atoms with Crippen LogP contribution >= 0.6 is 15.9 Å². The monoisotopic (exact) mass is 376 g/mol. The van der Waals surface area contributed by atoms with E-state index in [0.717, 1.165) is 12.8 Å². The number of nitrogens with zero attached hydrogens (tertiary/aromatic N) is 1. The normalized spacial score (nSPS) is 22.0. The van der Waals surface area contributed by atoms with Crippen LogP contribution in [0, 0.1) is 5.92 Å². The maximum atomic E-state index is 12.8. The average Bonchev–Trinajstić information content (AvgIpc) is 2.46. The van der Waals surface area contributed by atoms with Crippen molar-refractivity contribution in [3.8, 4) is 5.75 Å². The molecule has 5 nitrogen and oxygen atoms in total. The first-order valence-corrected chi connectivity index (χ1v) is 9.18. The zero-order chi connectivity index (χ0) is 15.6. The second-order valence-electron chi connectivity index (χ2n) is 5.45. The van der Waals surface area contributed by atoms with Crippen molar-refractivity contribution in [3.05, 3.63) is 22.7 Å². The summed E-state index contributed by atoms with van der Waals surface area (Å²) < 4.78 is 32.9. The van der Waals surface area contributed by atoms with E-state index in [4.69, 9.17) is 10.5 Å². The molecule has 21 heavy (non-hydrogen) atoms. The molecule has 1 aromatic rings. The number of rotatable bonds is 4. The van der Waals surface area contributed by atoms with Crippen molar-refractivity contribution in [3.63, 3.8) is 0 Å². The van der Waals surface area contributed by atoms with Gasteiger partial charge in [0.1, 0.15) is 5.75 Å². The zero-order valence-electron chi connectivity index (χ0n) is 12.3. The third-order valence-corrected chi connectivity index (χ3v) is 6.18. The summed E-state index contributed by atoms with van der Waals surface area (Å²) in [7, 11) is -2.00. The molecule has 118 valence electrons. The molecule has 1 heterocycles. The second-order valence-corrected chi connectivity index (χ2v) is 8.30. The van der Waals surface area contributed by atoms with E-state index in [1.54, 1.807) is 18.2 Å². The fourth-order valence-corrected chi connectivity index (χ4v) is 4.79. The highest BCUT2D eigenvalue weighted by molar-refractivity contribution is 9.10. The molecule has 1 aliphatic heterocycles. The number of ether oxygens (including phenoxy) is 1. The number of hydrogen-bond donors (Lipinski definition) is 1. The quantitative estimate of drug-likeness (QED) is 0.873. The Labute approximate surface area is 134 Å². The molecule has 2 rings (SSSR count). The van der Waals surface area contributed by atoms with Crippen LogP contribution < -0.4 is 10.5 Å². The van der Waals surface area contributed by atoms with E-state index in [-0.39, 0.29) is 16.9 Å². The minimum Gasteiger partial charge on any atom is -0.497 e. The Morgan fingerprint density at radius 3 is 2.76 bits per heavy atom. The first-order chi connectivity index (χ1) is 9.84. The maximum Gasteiger partial charge on any atom is 0.243 e. The highest BCUT2D eigenvalue weighted by atomic mass is 79.9. The Kier molecular flexibility index (Phi) is 5.29. The summed E-state index contributed by atoms with van der Waals surface area (Å²) >= 11 is 3.32. The molecule has 0 bridgehead atoms. The van der Waals surface area contributed by atoms with Gasteiger partial charge in [0.2, 0.25) is 10.0 Å². The average molecular weight is 377 g/mol. The molecule has 0 radical (unpaired) electrons. The number of benzene rings is 1. The first kappa shape index (κ1) is 16.7. The molecule has 1 aliphatic rings. The summed E-state index contributed by atoms with van der Waals surface area (Å²) in [5.41, 5.74) is 5.93. The summed E-state index contributed by atoms with van der Waals surface area (Å²) in [6.07, 6.45) is 1.82. The van der Waals surface area contributed by atoms with Crippen LogP contribution in [0.5, 0.6) is 5.75 Å². The van der Waals surface area contributed by atoms with Gasteiger partial charge < -0.3 is 10.5 Å². The van der Waals surface area contributed by atoms with Crippen LogP contribution in [0.1, 0.15) is 19.8 Å². The summed E-state index contributed by atoms with van der Waals surface area (Å²) in [5, 5.41) is 0. The van der Waals surface area contributed by atoms with Gasteiger partial charge in [-0.1, -0.05) is 15.9 Å². The van der Waals surface area contributed by atoms with E-state index >= 15 is 0 Å². The minimum atomic E-state index is -3.52. The standard InChI is InChI=1S/C14H21BrN2O3S/c1-10(16)11-4-3-5-17(9-11)21(18,19)14-7-12(15)6-13(8-14)20-2/h6-8,10-11H,3-5,9,16H2,1-2H3. The molecule has 1 fully saturated rings. The van der Waals surface area contributed by atoms with Crippen LogP contribution in [0.25, 0.3) is 0 Å². The van der Waals surface area contributed by atoms with Crippen molar-refractivity contribution in [2.45, 2.75) is 30.7 Å². The van der Waals surface area contributed by atoms with Crippen molar-refractivity contribution in [1.29, 1.82) is 0 Å². The molecule has 2 atom stereocenters. The molecular weight excluding hydrogens is 356 g/mol. The molecule has 0 aliphatic carbocycles. The highest BCUT2D eigenvalue weighted by Crippen LogP contribution is 2.29. The molecule has 0 amide bonds. The summed E-state index contributed by atoms with van der Waals surface area (Å²) in [5.74, 6) is 0.728. The lowest BCUT2D eigenvalue weighted by Crippen LogP contribution is -2.44. The lowest BCUT2D eigenvalue weighted by molar-refractivity contribution is 0.243. The van der Waals surface area contributed by atoms with E-state index in [0.29, 0.717) is 23.3 Å². The van der Waals surface area contributed by atoms with Crippen molar-refractivity contribution < 1.29 is 13.2 Å². The summed E-state index contributed by atoms with van der Waals surface area (Å²) in [4.78, 5) is 0.249. The smallest absolute Gasteiger partial charge is 0.243 e. The van der Waals surface area contributed by atoms with Gasteiger partial charge in [-0.05, 0) is 37.8 Å². The highest BCUT2D eigenvalue weighted by Gasteiger charge is 2.32. The van der Waals surface area contributed by atoms with Crippen molar-refractivity contribution in [1.82, 2.24) is 4.31 Å². The minimum absolute atomic E-state index is 0.0000422. The Balaban J connectivity index is 2.31. The van der Waals surface area contributed by atoms with E-state index in [1.807, 2.05) is 6.92 Å². The fraction of sp³-hybridized carbons (Fsp3) is 0.571. The summed E-state index contributed by atoms with van der Waals surface area (Å²) in [6, 6.07) is 4.89. The van der Waals surface area contributed by atoms with Crippen LogP contribution in [-0.4, -0.2) is 39.0 Å². The van der Waals surface area contributed by atoms with Gasteiger partial charge >= 0.3 is 0 Å². The van der Waals surface area contributed by atoms with Gasteiger partial charge in [0.25, 0.3) is 0 Å². The Bertz CT molecular complexity index is 604. The number of hydrogen-bond acceptors (Lipinski definition) is 4. The van der Waals surface area contributed by atoms with Crippen molar-refractivity contribution >= 4 is 26.0 Å². The zero-order valence-corrected chi connectivity index (χ0v) is 14.7. The lowest BCUT2D eigenvalue weighted by Gasteiger charge is -2.33. The number of halogens is 1. The van der Waals surface area contributed by atoms with Crippen LogP contribution in [0.4, 0.5) is 0 Å². The van der Waals surface area contributed by atoms with Crippen LogP contribution in [-0.2, 0) is 10.0 Å². The van der Waals surface area contributed by atoms with Gasteiger partial charge in [-0.25, -0.2) is 8.42 Å². The lowest BCUT2D eigenvalue weighted by atomic mass is 9.93. The Morgan fingerprint density at radius 1 is 1.43 bits per heavy atom. The molecule has 2 N–H and O–H groups in total. The van der Waals surface area contributed by atoms with Crippen molar-refractivity contribution in [2.75, 3.05) is 20.2 Å². The van der Waals surface area contributed by atoms with Gasteiger partial charge in [0, 0.05) is 29.7 Å². The molecular formula is C14H21BrN2O3S. The molecule has 0 spiro atoms. The number of methoxy groups -OCH3 is 1. The Morgan fingerprint density at radius 2 is 2.14 bits per heavy atom. The third-order valence-electron chi connectivity index (χ3n) is 3.88. The fourth-order valence-electron chi connectivity index (χ4n) is 2.57. The Hall–Kier alpha value is -0.630. The maximum absolute atomic E-state index is 12.8.